The Kier molecular flexibility index (Phi) is 5.92. The van der Waals surface area contributed by atoms with Gasteiger partial charge in [0.2, 0.25) is 15.9 Å². The Bertz CT molecular complexity index is 1100. The first-order valence-corrected chi connectivity index (χ1v) is 11.7. The van der Waals surface area contributed by atoms with Gasteiger partial charge in [-0.3, -0.25) is 4.79 Å². The van der Waals surface area contributed by atoms with Crippen LogP contribution in [0.1, 0.15) is 43.6 Å². The fourth-order valence-electron chi connectivity index (χ4n) is 3.76. The number of carbonyl (C=O) groups excluding carboxylic acids is 1. The fraction of sp³-hybridized carbons (Fsp3) is 0.348. The molecule has 0 spiro atoms. The van der Waals surface area contributed by atoms with E-state index >= 15 is 0 Å². The molecule has 30 heavy (non-hydrogen) atoms. The molecular formula is C23H26N2O4S. The summed E-state index contributed by atoms with van der Waals surface area (Å²) in [7, 11) is -3.40. The highest BCUT2D eigenvalue weighted by Crippen LogP contribution is 2.24. The number of hydrogen-bond acceptors (Lipinski definition) is 4. The van der Waals surface area contributed by atoms with Crippen LogP contribution in [0.25, 0.3) is 11.0 Å². The van der Waals surface area contributed by atoms with Crippen molar-refractivity contribution in [3.8, 4) is 0 Å². The number of furan rings is 1. The normalized spacial score (nSPS) is 16.0. The molecule has 0 radical (unpaired) electrons. The lowest BCUT2D eigenvalue weighted by Gasteiger charge is -2.15. The summed E-state index contributed by atoms with van der Waals surface area (Å²) in [6, 6.07) is 16.3. The van der Waals surface area contributed by atoms with Crippen LogP contribution in [0.3, 0.4) is 0 Å². The third-order valence-corrected chi connectivity index (χ3v) is 7.43. The molecule has 0 saturated carbocycles. The van der Waals surface area contributed by atoms with Gasteiger partial charge in [-0.25, -0.2) is 8.42 Å². The summed E-state index contributed by atoms with van der Waals surface area (Å²) in [5.74, 6) is 0.651. The predicted molar refractivity (Wildman–Crippen MR) is 116 cm³/mol. The molecule has 2 aromatic carbocycles. The molecule has 1 fully saturated rings. The topological polar surface area (TPSA) is 79.6 Å². The van der Waals surface area contributed by atoms with E-state index in [0.29, 0.717) is 30.8 Å². The molecule has 1 aromatic heterocycles. The number of sulfonamides is 1. The van der Waals surface area contributed by atoms with Crippen molar-refractivity contribution in [1.29, 1.82) is 0 Å². The summed E-state index contributed by atoms with van der Waals surface area (Å²) in [6.45, 7) is 3.08. The van der Waals surface area contributed by atoms with Gasteiger partial charge in [0.15, 0.2) is 0 Å². The van der Waals surface area contributed by atoms with Crippen molar-refractivity contribution in [2.45, 2.75) is 43.5 Å². The molecule has 4 rings (SSSR count). The predicted octanol–water partition coefficient (Wildman–Crippen LogP) is 4.03. The molecular weight excluding hydrogens is 400 g/mol. The molecule has 0 bridgehead atoms. The summed E-state index contributed by atoms with van der Waals surface area (Å²) >= 11 is 0. The van der Waals surface area contributed by atoms with Crippen LogP contribution < -0.4 is 5.32 Å². The lowest BCUT2D eigenvalue weighted by Crippen LogP contribution is -2.27. The number of nitrogens with one attached hydrogen (secondary N) is 1. The van der Waals surface area contributed by atoms with Crippen LogP contribution in [-0.2, 0) is 21.2 Å². The molecule has 158 valence electrons. The fourth-order valence-corrected chi connectivity index (χ4v) is 5.28. The van der Waals surface area contributed by atoms with Gasteiger partial charge in [0.25, 0.3) is 0 Å². The van der Waals surface area contributed by atoms with Gasteiger partial charge in [-0.15, -0.1) is 0 Å². The number of hydrogen-bond donors (Lipinski definition) is 1. The van der Waals surface area contributed by atoms with Gasteiger partial charge in [0.05, 0.1) is 10.9 Å². The van der Waals surface area contributed by atoms with E-state index in [9.17, 15) is 13.2 Å². The molecule has 1 atom stereocenters. The van der Waals surface area contributed by atoms with Crippen LogP contribution in [0, 0.1) is 0 Å². The van der Waals surface area contributed by atoms with E-state index in [1.165, 1.54) is 4.31 Å². The van der Waals surface area contributed by atoms with E-state index in [0.717, 1.165) is 35.1 Å². The maximum absolute atomic E-state index is 12.6. The zero-order valence-corrected chi connectivity index (χ0v) is 17.8. The van der Waals surface area contributed by atoms with Crippen LogP contribution in [0.4, 0.5) is 0 Å². The van der Waals surface area contributed by atoms with E-state index in [1.54, 1.807) is 24.3 Å². The van der Waals surface area contributed by atoms with E-state index in [-0.39, 0.29) is 11.9 Å². The van der Waals surface area contributed by atoms with E-state index in [4.69, 9.17) is 4.42 Å². The van der Waals surface area contributed by atoms with Gasteiger partial charge in [-0.1, -0.05) is 30.3 Å². The number of para-hydroxylation sites is 1. The quantitative estimate of drug-likeness (QED) is 0.619. The lowest BCUT2D eigenvalue weighted by atomic mass is 10.1. The maximum atomic E-state index is 12.6. The Balaban J connectivity index is 1.32. The minimum atomic E-state index is -3.40. The Morgan fingerprint density at radius 2 is 1.80 bits per heavy atom. The van der Waals surface area contributed by atoms with Crippen LogP contribution in [0.2, 0.25) is 0 Å². The van der Waals surface area contributed by atoms with Gasteiger partial charge in [-0.05, 0) is 56.0 Å². The van der Waals surface area contributed by atoms with Crippen molar-refractivity contribution < 1.29 is 17.6 Å². The van der Waals surface area contributed by atoms with E-state index < -0.39 is 10.0 Å². The largest absolute Gasteiger partial charge is 0.459 e. The highest BCUT2D eigenvalue weighted by atomic mass is 32.2. The first-order valence-electron chi connectivity index (χ1n) is 10.3. The molecule has 1 unspecified atom stereocenters. The van der Waals surface area contributed by atoms with Crippen molar-refractivity contribution in [3.05, 3.63) is 65.9 Å². The molecule has 1 amide bonds. The first kappa shape index (κ1) is 20.6. The second-order valence-corrected chi connectivity index (χ2v) is 9.67. The molecule has 3 aromatic rings. The van der Waals surface area contributed by atoms with E-state index in [1.807, 2.05) is 37.3 Å². The van der Waals surface area contributed by atoms with E-state index in [2.05, 4.69) is 5.32 Å². The highest BCUT2D eigenvalue weighted by Gasteiger charge is 2.26. The minimum absolute atomic E-state index is 0.0725. The van der Waals surface area contributed by atoms with Crippen LogP contribution >= 0.6 is 0 Å². The Morgan fingerprint density at radius 1 is 1.10 bits per heavy atom. The van der Waals surface area contributed by atoms with Gasteiger partial charge in [-0.2, -0.15) is 4.31 Å². The molecule has 6 nitrogen and oxygen atoms in total. The second kappa shape index (κ2) is 8.62. The molecule has 1 aliphatic rings. The maximum Gasteiger partial charge on any atom is 0.243 e. The third kappa shape index (κ3) is 4.42. The number of amides is 1. The van der Waals surface area contributed by atoms with Gasteiger partial charge >= 0.3 is 0 Å². The van der Waals surface area contributed by atoms with Crippen molar-refractivity contribution in [3.63, 3.8) is 0 Å². The molecule has 0 aliphatic carbocycles. The zero-order chi connectivity index (χ0) is 21.1. The highest BCUT2D eigenvalue weighted by molar-refractivity contribution is 7.89. The Morgan fingerprint density at radius 3 is 2.50 bits per heavy atom. The van der Waals surface area contributed by atoms with Gasteiger partial charge in [0.1, 0.15) is 11.3 Å². The Labute approximate surface area is 176 Å². The average Bonchev–Trinajstić information content (AvgIpc) is 3.43. The molecule has 1 saturated heterocycles. The third-order valence-electron chi connectivity index (χ3n) is 5.52. The number of fused-ring (bicyclic) bond motifs is 1. The minimum Gasteiger partial charge on any atom is -0.459 e. The van der Waals surface area contributed by atoms with Crippen molar-refractivity contribution >= 4 is 26.9 Å². The summed E-state index contributed by atoms with van der Waals surface area (Å²) in [5, 5.41) is 3.98. The second-order valence-electron chi connectivity index (χ2n) is 7.73. The van der Waals surface area contributed by atoms with Crippen molar-refractivity contribution in [2.24, 2.45) is 0 Å². The smallest absolute Gasteiger partial charge is 0.243 e. The number of rotatable bonds is 7. The zero-order valence-electron chi connectivity index (χ0n) is 17.0. The summed E-state index contributed by atoms with van der Waals surface area (Å²) in [4.78, 5) is 12.7. The standard InChI is InChI=1S/C23H26N2O4S/c1-17(22-16-19-6-2-3-7-21(19)29-22)24-23(26)13-10-18-8-11-20(12-9-18)30(27,28)25-14-4-5-15-25/h2-3,6-9,11-12,16-17H,4-5,10,13-15H2,1H3,(H,24,26). The van der Waals surface area contributed by atoms with Crippen LogP contribution in [-0.4, -0.2) is 31.7 Å². The molecule has 1 aliphatic heterocycles. The number of aryl methyl sites for hydroxylation is 1. The lowest BCUT2D eigenvalue weighted by molar-refractivity contribution is -0.121. The number of carbonyl (C=O) groups is 1. The monoisotopic (exact) mass is 426 g/mol. The van der Waals surface area contributed by atoms with Crippen molar-refractivity contribution in [1.82, 2.24) is 9.62 Å². The SMILES string of the molecule is CC(NC(=O)CCc1ccc(S(=O)(=O)N2CCCC2)cc1)c1cc2ccccc2o1. The van der Waals surface area contributed by atoms with Gasteiger partial charge < -0.3 is 9.73 Å². The molecule has 1 N–H and O–H groups in total. The summed E-state index contributed by atoms with van der Waals surface area (Å²) in [5.41, 5.74) is 1.74. The van der Waals surface area contributed by atoms with Crippen LogP contribution in [0.15, 0.2) is 63.9 Å². The van der Waals surface area contributed by atoms with Gasteiger partial charge in [0, 0.05) is 24.9 Å². The number of nitrogens with zero attached hydrogens (tertiary/aromatic N) is 1. The summed E-state index contributed by atoms with van der Waals surface area (Å²) in [6.07, 6.45) is 2.70. The molecule has 7 heteroatoms. The Hall–Kier alpha value is -2.64. The number of benzene rings is 2. The average molecular weight is 427 g/mol. The molecule has 2 heterocycles. The van der Waals surface area contributed by atoms with Crippen LogP contribution in [0.5, 0.6) is 0 Å². The first-order chi connectivity index (χ1) is 14.4. The summed E-state index contributed by atoms with van der Waals surface area (Å²) < 4.78 is 32.5. The van der Waals surface area contributed by atoms with Crippen molar-refractivity contribution in [2.75, 3.05) is 13.1 Å².